The average Bonchev–Trinajstić information content (AvgIpc) is 2.75. The van der Waals surface area contributed by atoms with Crippen molar-refractivity contribution in [3.8, 4) is 0 Å². The smallest absolute Gasteiger partial charge is 0.0561 e. The average molecular weight is 237 g/mol. The molecule has 1 N–H and O–H groups in total. The first-order valence-electron chi connectivity index (χ1n) is 6.65. The summed E-state index contributed by atoms with van der Waals surface area (Å²) in [6.45, 7) is 7.13. The second kappa shape index (κ2) is 6.17. The van der Waals surface area contributed by atoms with Crippen molar-refractivity contribution in [1.29, 1.82) is 0 Å². The Kier molecular flexibility index (Phi) is 4.57. The number of nitrogens with zero attached hydrogens (tertiary/aromatic N) is 2. The summed E-state index contributed by atoms with van der Waals surface area (Å²) in [6.07, 6.45) is 5.64. The van der Waals surface area contributed by atoms with Crippen LogP contribution >= 0.6 is 0 Å². The van der Waals surface area contributed by atoms with Gasteiger partial charge in [-0.3, -0.25) is 4.68 Å². The van der Waals surface area contributed by atoms with E-state index in [1.807, 2.05) is 6.20 Å². The fourth-order valence-corrected chi connectivity index (χ4v) is 2.36. The third kappa shape index (κ3) is 3.54. The molecule has 2 heterocycles. The standard InChI is InChI=1S/C13H23N3O/c1-3-7-16-13(4-6-15-16)10-14-12-5-8-17-11(2)9-12/h4,6,11-12,14H,3,5,7-10H2,1-2H3. The molecule has 1 aromatic rings. The van der Waals surface area contributed by atoms with Crippen molar-refractivity contribution in [3.63, 3.8) is 0 Å². The highest BCUT2D eigenvalue weighted by atomic mass is 16.5. The van der Waals surface area contributed by atoms with Gasteiger partial charge in [0.15, 0.2) is 0 Å². The highest BCUT2D eigenvalue weighted by Crippen LogP contribution is 2.13. The van der Waals surface area contributed by atoms with E-state index in [9.17, 15) is 0 Å². The van der Waals surface area contributed by atoms with Gasteiger partial charge in [-0.05, 0) is 32.3 Å². The maximum Gasteiger partial charge on any atom is 0.0561 e. The van der Waals surface area contributed by atoms with Gasteiger partial charge in [0.2, 0.25) is 0 Å². The van der Waals surface area contributed by atoms with Gasteiger partial charge in [0.1, 0.15) is 0 Å². The monoisotopic (exact) mass is 237 g/mol. The summed E-state index contributed by atoms with van der Waals surface area (Å²) in [5.41, 5.74) is 1.28. The van der Waals surface area contributed by atoms with E-state index < -0.39 is 0 Å². The highest BCUT2D eigenvalue weighted by molar-refractivity contribution is 5.00. The van der Waals surface area contributed by atoms with Crippen molar-refractivity contribution in [3.05, 3.63) is 18.0 Å². The molecule has 1 aliphatic rings. The Labute approximate surface area is 103 Å². The Morgan fingerprint density at radius 1 is 1.59 bits per heavy atom. The molecular formula is C13H23N3O. The molecule has 0 radical (unpaired) electrons. The zero-order valence-electron chi connectivity index (χ0n) is 10.9. The van der Waals surface area contributed by atoms with Crippen LogP contribution in [0.4, 0.5) is 0 Å². The van der Waals surface area contributed by atoms with Gasteiger partial charge in [0.25, 0.3) is 0 Å². The van der Waals surface area contributed by atoms with Crippen LogP contribution in [0.25, 0.3) is 0 Å². The number of aryl methyl sites for hydroxylation is 1. The van der Waals surface area contributed by atoms with E-state index in [2.05, 4.69) is 35.0 Å². The Hall–Kier alpha value is -0.870. The molecule has 1 saturated heterocycles. The molecule has 1 aliphatic heterocycles. The molecular weight excluding hydrogens is 214 g/mol. The van der Waals surface area contributed by atoms with Crippen LogP contribution in [0.5, 0.6) is 0 Å². The highest BCUT2D eigenvalue weighted by Gasteiger charge is 2.18. The van der Waals surface area contributed by atoms with E-state index in [4.69, 9.17) is 4.74 Å². The molecule has 2 atom stereocenters. The predicted octanol–water partition coefficient (Wildman–Crippen LogP) is 1.95. The molecule has 2 unspecified atom stereocenters. The minimum absolute atomic E-state index is 0.391. The molecule has 96 valence electrons. The molecule has 0 aliphatic carbocycles. The molecule has 4 heteroatoms. The summed E-state index contributed by atoms with van der Waals surface area (Å²) in [5, 5.41) is 7.95. The van der Waals surface area contributed by atoms with Gasteiger partial charge in [-0.25, -0.2) is 0 Å². The number of nitrogens with one attached hydrogen (secondary N) is 1. The first-order chi connectivity index (χ1) is 8.29. The molecule has 2 rings (SSSR count). The van der Waals surface area contributed by atoms with Gasteiger partial charge in [-0.15, -0.1) is 0 Å². The summed E-state index contributed by atoms with van der Waals surface area (Å²) in [6, 6.07) is 2.69. The molecule has 4 nitrogen and oxygen atoms in total. The number of ether oxygens (including phenoxy) is 1. The summed E-state index contributed by atoms with van der Waals surface area (Å²) >= 11 is 0. The maximum atomic E-state index is 5.55. The zero-order chi connectivity index (χ0) is 12.1. The van der Waals surface area contributed by atoms with E-state index in [0.29, 0.717) is 12.1 Å². The normalized spacial score (nSPS) is 25.1. The molecule has 1 fully saturated rings. The zero-order valence-corrected chi connectivity index (χ0v) is 10.9. The fraction of sp³-hybridized carbons (Fsp3) is 0.769. The summed E-state index contributed by atoms with van der Waals surface area (Å²) in [4.78, 5) is 0. The Bertz CT molecular complexity index is 337. The molecule has 0 aromatic carbocycles. The van der Waals surface area contributed by atoms with Crippen LogP contribution in [0.1, 0.15) is 38.8 Å². The predicted molar refractivity (Wildman–Crippen MR) is 67.8 cm³/mol. The van der Waals surface area contributed by atoms with E-state index in [-0.39, 0.29) is 0 Å². The van der Waals surface area contributed by atoms with Crippen molar-refractivity contribution < 1.29 is 4.74 Å². The Morgan fingerprint density at radius 2 is 2.47 bits per heavy atom. The van der Waals surface area contributed by atoms with Gasteiger partial charge < -0.3 is 10.1 Å². The van der Waals surface area contributed by atoms with Crippen LogP contribution in [0.2, 0.25) is 0 Å². The Morgan fingerprint density at radius 3 is 3.24 bits per heavy atom. The summed E-state index contributed by atoms with van der Waals surface area (Å²) in [5.74, 6) is 0. The maximum absolute atomic E-state index is 5.55. The van der Waals surface area contributed by atoms with Crippen LogP contribution in [-0.2, 0) is 17.8 Å². The molecule has 0 bridgehead atoms. The quantitative estimate of drug-likeness (QED) is 0.850. The number of aromatic nitrogens is 2. The lowest BCUT2D eigenvalue weighted by Gasteiger charge is -2.28. The van der Waals surface area contributed by atoms with Gasteiger partial charge in [-0.2, -0.15) is 5.10 Å². The number of rotatable bonds is 5. The minimum atomic E-state index is 0.391. The second-order valence-corrected chi connectivity index (χ2v) is 4.83. The first-order valence-corrected chi connectivity index (χ1v) is 6.65. The van der Waals surface area contributed by atoms with E-state index in [1.54, 1.807) is 0 Å². The van der Waals surface area contributed by atoms with Crippen LogP contribution in [0.15, 0.2) is 12.3 Å². The van der Waals surface area contributed by atoms with Crippen molar-refractivity contribution in [1.82, 2.24) is 15.1 Å². The van der Waals surface area contributed by atoms with Crippen LogP contribution in [0.3, 0.4) is 0 Å². The van der Waals surface area contributed by atoms with Crippen molar-refractivity contribution in [2.24, 2.45) is 0 Å². The van der Waals surface area contributed by atoms with Crippen LogP contribution in [-0.4, -0.2) is 28.5 Å². The lowest BCUT2D eigenvalue weighted by Crippen LogP contribution is -2.38. The van der Waals surface area contributed by atoms with Crippen molar-refractivity contribution in [2.45, 2.75) is 58.3 Å². The Balaban J connectivity index is 1.82. The summed E-state index contributed by atoms with van der Waals surface area (Å²) in [7, 11) is 0. The molecule has 0 amide bonds. The van der Waals surface area contributed by atoms with Gasteiger partial charge in [0, 0.05) is 31.9 Å². The first kappa shape index (κ1) is 12.6. The molecule has 0 saturated carbocycles. The molecule has 17 heavy (non-hydrogen) atoms. The lowest BCUT2D eigenvalue weighted by molar-refractivity contribution is 0.0129. The third-order valence-electron chi connectivity index (χ3n) is 3.30. The molecule has 1 aromatic heterocycles. The summed E-state index contributed by atoms with van der Waals surface area (Å²) < 4.78 is 7.64. The number of hydrogen-bond acceptors (Lipinski definition) is 3. The largest absolute Gasteiger partial charge is 0.378 e. The van der Waals surface area contributed by atoms with E-state index >= 15 is 0 Å². The van der Waals surface area contributed by atoms with Crippen molar-refractivity contribution >= 4 is 0 Å². The van der Waals surface area contributed by atoms with Gasteiger partial charge >= 0.3 is 0 Å². The van der Waals surface area contributed by atoms with Crippen molar-refractivity contribution in [2.75, 3.05) is 6.61 Å². The minimum Gasteiger partial charge on any atom is -0.378 e. The SMILES string of the molecule is CCCn1nccc1CNC1CCOC(C)C1. The van der Waals surface area contributed by atoms with Crippen LogP contribution < -0.4 is 5.32 Å². The van der Waals surface area contributed by atoms with E-state index in [0.717, 1.165) is 39.0 Å². The fourth-order valence-electron chi connectivity index (χ4n) is 2.36. The van der Waals surface area contributed by atoms with Gasteiger partial charge in [-0.1, -0.05) is 6.92 Å². The molecule has 0 spiro atoms. The lowest BCUT2D eigenvalue weighted by atomic mass is 10.0. The number of hydrogen-bond donors (Lipinski definition) is 1. The van der Waals surface area contributed by atoms with E-state index in [1.165, 1.54) is 5.69 Å². The topological polar surface area (TPSA) is 39.1 Å². The second-order valence-electron chi connectivity index (χ2n) is 4.83. The third-order valence-corrected chi connectivity index (χ3v) is 3.30. The van der Waals surface area contributed by atoms with Gasteiger partial charge in [0.05, 0.1) is 11.8 Å². The van der Waals surface area contributed by atoms with Crippen LogP contribution in [0, 0.1) is 0 Å².